The lowest BCUT2D eigenvalue weighted by Crippen LogP contribution is -2.54. The van der Waals surface area contributed by atoms with Gasteiger partial charge in [-0.15, -0.1) is 11.8 Å². The minimum absolute atomic E-state index is 0.0574. The topological polar surface area (TPSA) is 66.6 Å². The van der Waals surface area contributed by atoms with Gasteiger partial charge in [0, 0.05) is 37.0 Å². The molecule has 1 fully saturated rings. The minimum Gasteiger partial charge on any atom is -0.342 e. The SMILES string of the molecule is CC1(C)CN(C(=O)CCN2C(=O)CSc3ccccc32)CCC1N. The van der Waals surface area contributed by atoms with Crippen LogP contribution in [0, 0.1) is 5.41 Å². The smallest absolute Gasteiger partial charge is 0.237 e. The number of fused-ring (bicyclic) bond motifs is 1. The first-order valence-corrected chi connectivity index (χ1v) is 9.42. The largest absolute Gasteiger partial charge is 0.342 e. The molecule has 1 aromatic rings. The summed E-state index contributed by atoms with van der Waals surface area (Å²) in [6.45, 7) is 6.06. The van der Waals surface area contributed by atoms with Crippen LogP contribution in [0.3, 0.4) is 0 Å². The highest BCUT2D eigenvalue weighted by molar-refractivity contribution is 8.00. The molecule has 24 heavy (non-hydrogen) atoms. The van der Waals surface area contributed by atoms with Gasteiger partial charge in [-0.3, -0.25) is 9.59 Å². The van der Waals surface area contributed by atoms with Crippen molar-refractivity contribution < 1.29 is 9.59 Å². The summed E-state index contributed by atoms with van der Waals surface area (Å²) in [6.07, 6.45) is 1.19. The second kappa shape index (κ2) is 6.76. The van der Waals surface area contributed by atoms with Crippen molar-refractivity contribution in [2.45, 2.75) is 37.6 Å². The molecule has 1 unspecified atom stereocenters. The fourth-order valence-electron chi connectivity index (χ4n) is 3.35. The van der Waals surface area contributed by atoms with Crippen molar-refractivity contribution in [2.24, 2.45) is 11.1 Å². The number of hydrogen-bond donors (Lipinski definition) is 1. The number of amides is 2. The molecule has 0 saturated carbocycles. The van der Waals surface area contributed by atoms with Gasteiger partial charge in [-0.1, -0.05) is 26.0 Å². The molecule has 1 saturated heterocycles. The van der Waals surface area contributed by atoms with Crippen LogP contribution in [0.25, 0.3) is 0 Å². The Morgan fingerprint density at radius 1 is 1.38 bits per heavy atom. The lowest BCUT2D eigenvalue weighted by molar-refractivity contribution is -0.134. The number of nitrogens with zero attached hydrogens (tertiary/aromatic N) is 2. The molecule has 3 rings (SSSR count). The van der Waals surface area contributed by atoms with Crippen LogP contribution < -0.4 is 10.6 Å². The van der Waals surface area contributed by atoms with Crippen LogP contribution in [0.4, 0.5) is 5.69 Å². The van der Waals surface area contributed by atoms with Gasteiger partial charge < -0.3 is 15.5 Å². The molecule has 0 spiro atoms. The number of para-hydroxylation sites is 1. The van der Waals surface area contributed by atoms with E-state index in [-0.39, 0.29) is 23.3 Å². The number of anilines is 1. The second-order valence-corrected chi connectivity index (χ2v) is 8.27. The molecule has 2 heterocycles. The lowest BCUT2D eigenvalue weighted by Gasteiger charge is -2.42. The number of thioether (sulfide) groups is 1. The van der Waals surface area contributed by atoms with E-state index in [1.807, 2.05) is 29.2 Å². The average Bonchev–Trinajstić information content (AvgIpc) is 2.56. The van der Waals surface area contributed by atoms with Gasteiger partial charge in [0.05, 0.1) is 11.4 Å². The number of carbonyl (C=O) groups is 2. The third kappa shape index (κ3) is 3.44. The lowest BCUT2D eigenvalue weighted by atomic mass is 9.79. The van der Waals surface area contributed by atoms with Crippen molar-refractivity contribution in [2.75, 3.05) is 30.3 Å². The molecule has 2 aliphatic heterocycles. The molecule has 1 atom stereocenters. The number of hydrogen-bond acceptors (Lipinski definition) is 4. The molecule has 0 bridgehead atoms. The molecule has 2 aliphatic rings. The van der Waals surface area contributed by atoms with Crippen molar-refractivity contribution in [1.82, 2.24) is 4.90 Å². The van der Waals surface area contributed by atoms with Crippen molar-refractivity contribution in [3.05, 3.63) is 24.3 Å². The molecule has 130 valence electrons. The number of benzene rings is 1. The summed E-state index contributed by atoms with van der Waals surface area (Å²) in [4.78, 5) is 29.6. The third-order valence-electron chi connectivity index (χ3n) is 5.02. The number of rotatable bonds is 3. The van der Waals surface area contributed by atoms with Gasteiger partial charge in [0.15, 0.2) is 0 Å². The maximum Gasteiger partial charge on any atom is 0.237 e. The van der Waals surface area contributed by atoms with Crippen molar-refractivity contribution in [3.63, 3.8) is 0 Å². The first-order valence-electron chi connectivity index (χ1n) is 8.44. The number of piperidine rings is 1. The Morgan fingerprint density at radius 2 is 2.12 bits per heavy atom. The van der Waals surface area contributed by atoms with Gasteiger partial charge in [-0.2, -0.15) is 0 Å². The van der Waals surface area contributed by atoms with Gasteiger partial charge in [-0.05, 0) is 24.0 Å². The summed E-state index contributed by atoms with van der Waals surface area (Å²) in [7, 11) is 0. The van der Waals surface area contributed by atoms with E-state index < -0.39 is 0 Å². The van der Waals surface area contributed by atoms with Crippen LogP contribution in [-0.4, -0.2) is 48.1 Å². The van der Waals surface area contributed by atoms with Crippen molar-refractivity contribution in [3.8, 4) is 0 Å². The summed E-state index contributed by atoms with van der Waals surface area (Å²) in [5.41, 5.74) is 7.01. The zero-order chi connectivity index (χ0) is 17.3. The number of likely N-dealkylation sites (tertiary alicyclic amines) is 1. The van der Waals surface area contributed by atoms with Crippen LogP contribution in [0.1, 0.15) is 26.7 Å². The van der Waals surface area contributed by atoms with E-state index in [0.29, 0.717) is 31.8 Å². The monoisotopic (exact) mass is 347 g/mol. The zero-order valence-electron chi connectivity index (χ0n) is 14.3. The molecule has 0 radical (unpaired) electrons. The highest BCUT2D eigenvalue weighted by Gasteiger charge is 2.35. The molecule has 2 amide bonds. The van der Waals surface area contributed by atoms with Crippen LogP contribution in [0.15, 0.2) is 29.2 Å². The first kappa shape index (κ1) is 17.3. The van der Waals surface area contributed by atoms with Crippen LogP contribution in [0.2, 0.25) is 0 Å². The molecule has 0 aromatic heterocycles. The highest BCUT2D eigenvalue weighted by Crippen LogP contribution is 2.35. The zero-order valence-corrected chi connectivity index (χ0v) is 15.1. The Bertz CT molecular complexity index is 647. The Labute approximate surface area is 147 Å². The van der Waals surface area contributed by atoms with Crippen LogP contribution >= 0.6 is 11.8 Å². The molecule has 1 aromatic carbocycles. The molecule has 6 heteroatoms. The predicted molar refractivity (Wildman–Crippen MR) is 97.1 cm³/mol. The van der Waals surface area contributed by atoms with Gasteiger partial charge >= 0.3 is 0 Å². The number of carbonyl (C=O) groups excluding carboxylic acids is 2. The van der Waals surface area contributed by atoms with Gasteiger partial charge in [0.1, 0.15) is 0 Å². The Balaban J connectivity index is 1.63. The minimum atomic E-state index is -0.0574. The molecular weight excluding hydrogens is 322 g/mol. The standard InChI is InChI=1S/C18H25N3O2S/c1-18(2)12-20(9-7-15(18)19)16(22)8-10-21-13-5-3-4-6-14(13)24-11-17(21)23/h3-6,15H,7-12,19H2,1-2H3. The Kier molecular flexibility index (Phi) is 4.88. The van der Waals surface area contributed by atoms with E-state index in [0.717, 1.165) is 17.0 Å². The van der Waals surface area contributed by atoms with Crippen molar-refractivity contribution in [1.29, 1.82) is 0 Å². The van der Waals surface area contributed by atoms with Crippen LogP contribution in [-0.2, 0) is 9.59 Å². The molecule has 5 nitrogen and oxygen atoms in total. The quantitative estimate of drug-likeness (QED) is 0.909. The van der Waals surface area contributed by atoms with Gasteiger partial charge in [0.25, 0.3) is 0 Å². The molecule has 0 aliphatic carbocycles. The number of nitrogens with two attached hydrogens (primary N) is 1. The van der Waals surface area contributed by atoms with E-state index in [1.165, 1.54) is 0 Å². The molecule has 2 N–H and O–H groups in total. The van der Waals surface area contributed by atoms with E-state index in [4.69, 9.17) is 5.73 Å². The van der Waals surface area contributed by atoms with Crippen LogP contribution in [0.5, 0.6) is 0 Å². The second-order valence-electron chi connectivity index (χ2n) is 7.25. The maximum atomic E-state index is 12.6. The van der Waals surface area contributed by atoms with Gasteiger partial charge in [0.2, 0.25) is 11.8 Å². The molecular formula is C18H25N3O2S. The summed E-state index contributed by atoms with van der Waals surface area (Å²) < 4.78 is 0. The Morgan fingerprint density at radius 3 is 2.88 bits per heavy atom. The first-order chi connectivity index (χ1) is 11.4. The van der Waals surface area contributed by atoms with E-state index in [1.54, 1.807) is 16.7 Å². The van der Waals surface area contributed by atoms with E-state index >= 15 is 0 Å². The summed E-state index contributed by atoms with van der Waals surface area (Å²) in [5, 5.41) is 0. The average molecular weight is 347 g/mol. The summed E-state index contributed by atoms with van der Waals surface area (Å²) in [5.74, 6) is 0.627. The van der Waals surface area contributed by atoms with E-state index in [9.17, 15) is 9.59 Å². The Hall–Kier alpha value is -1.53. The third-order valence-corrected chi connectivity index (χ3v) is 6.07. The summed E-state index contributed by atoms with van der Waals surface area (Å²) in [6, 6.07) is 8.02. The van der Waals surface area contributed by atoms with E-state index in [2.05, 4.69) is 13.8 Å². The predicted octanol–water partition coefficient (Wildman–Crippen LogP) is 2.10. The highest BCUT2D eigenvalue weighted by atomic mass is 32.2. The van der Waals surface area contributed by atoms with Gasteiger partial charge in [-0.25, -0.2) is 0 Å². The normalized spacial score (nSPS) is 23.1. The van der Waals surface area contributed by atoms with Crippen molar-refractivity contribution >= 4 is 29.3 Å². The summed E-state index contributed by atoms with van der Waals surface area (Å²) >= 11 is 1.56. The maximum absolute atomic E-state index is 12.6. The fraction of sp³-hybridized carbons (Fsp3) is 0.556. The fourth-order valence-corrected chi connectivity index (χ4v) is 4.29.